The van der Waals surface area contributed by atoms with Gasteiger partial charge in [0.05, 0.1) is 11.3 Å². The van der Waals surface area contributed by atoms with Gasteiger partial charge in [-0.1, -0.05) is 12.1 Å². The molecule has 0 saturated heterocycles. The predicted molar refractivity (Wildman–Crippen MR) is 70.5 cm³/mol. The largest absolute Gasteiger partial charge is 0.416 e. The molecule has 0 aliphatic carbocycles. The Kier molecular flexibility index (Phi) is 3.88. The molecule has 0 fully saturated rings. The summed E-state index contributed by atoms with van der Waals surface area (Å²) >= 11 is 0. The molecule has 0 aliphatic heterocycles. The lowest BCUT2D eigenvalue weighted by molar-refractivity contribution is -0.137. The number of hydrogen-bond donors (Lipinski definition) is 2. The number of benzene rings is 1. The Labute approximate surface area is 118 Å². The summed E-state index contributed by atoms with van der Waals surface area (Å²) in [4.78, 5) is 4.11. The van der Waals surface area contributed by atoms with Gasteiger partial charge in [-0.15, -0.1) is 0 Å². The van der Waals surface area contributed by atoms with E-state index in [4.69, 9.17) is 10.9 Å². The fraction of sp³-hybridized carbons (Fsp3) is 0.231. The molecule has 0 bridgehead atoms. The van der Waals surface area contributed by atoms with Crippen molar-refractivity contribution in [2.45, 2.75) is 19.5 Å². The summed E-state index contributed by atoms with van der Waals surface area (Å²) in [5, 5.41) is 11.6. The Bertz CT molecular complexity index is 676. The third-order valence-corrected chi connectivity index (χ3v) is 3.00. The number of rotatable bonds is 3. The van der Waals surface area contributed by atoms with Crippen LogP contribution in [0.1, 0.15) is 23.9 Å². The maximum Gasteiger partial charge on any atom is 0.416 e. The van der Waals surface area contributed by atoms with E-state index in [0.717, 1.165) is 12.1 Å². The fourth-order valence-corrected chi connectivity index (χ4v) is 2.00. The summed E-state index contributed by atoms with van der Waals surface area (Å²) in [5.41, 5.74) is 4.99. The van der Waals surface area contributed by atoms with Gasteiger partial charge in [0.2, 0.25) is 0 Å². The first-order chi connectivity index (χ1) is 9.88. The number of hydrogen-bond acceptors (Lipinski definition) is 3. The van der Waals surface area contributed by atoms with Gasteiger partial charge in [-0.05, 0) is 18.2 Å². The second kappa shape index (κ2) is 5.47. The van der Waals surface area contributed by atoms with Gasteiger partial charge >= 0.3 is 6.18 Å². The van der Waals surface area contributed by atoms with Crippen LogP contribution < -0.4 is 5.73 Å². The smallest absolute Gasteiger partial charge is 0.409 e. The van der Waals surface area contributed by atoms with Gasteiger partial charge < -0.3 is 15.5 Å². The van der Waals surface area contributed by atoms with E-state index in [9.17, 15) is 13.2 Å². The first-order valence-corrected chi connectivity index (χ1v) is 6.10. The average Bonchev–Trinajstić information content (AvgIpc) is 2.93. The molecule has 8 heteroatoms. The lowest BCUT2D eigenvalue weighted by Gasteiger charge is -2.14. The van der Waals surface area contributed by atoms with Crippen molar-refractivity contribution in [3.63, 3.8) is 0 Å². The summed E-state index contributed by atoms with van der Waals surface area (Å²) in [5.74, 6) is 0.258. The summed E-state index contributed by atoms with van der Waals surface area (Å²) in [6, 6.07) is 3.07. The SMILES string of the molecule is CCc1nccn1-c1ccc(C(F)(F)F)cc1C(N)=NO. The number of aromatic nitrogens is 2. The van der Waals surface area contributed by atoms with Crippen LogP contribution in [0.2, 0.25) is 0 Å². The van der Waals surface area contributed by atoms with Crippen molar-refractivity contribution in [2.24, 2.45) is 10.9 Å². The van der Waals surface area contributed by atoms with Crippen LogP contribution in [0.3, 0.4) is 0 Å². The van der Waals surface area contributed by atoms with Crippen molar-refractivity contribution >= 4 is 5.84 Å². The van der Waals surface area contributed by atoms with Gasteiger partial charge in [0.25, 0.3) is 0 Å². The minimum absolute atomic E-state index is 0.0139. The van der Waals surface area contributed by atoms with Crippen molar-refractivity contribution in [3.8, 4) is 5.69 Å². The molecule has 0 unspecified atom stereocenters. The lowest BCUT2D eigenvalue weighted by Crippen LogP contribution is -2.18. The maximum absolute atomic E-state index is 12.8. The molecule has 21 heavy (non-hydrogen) atoms. The number of amidine groups is 1. The number of halogens is 3. The Balaban J connectivity index is 2.67. The first kappa shape index (κ1) is 14.9. The second-order valence-electron chi connectivity index (χ2n) is 4.28. The summed E-state index contributed by atoms with van der Waals surface area (Å²) < 4.78 is 40.0. The molecular formula is C13H13F3N4O. The highest BCUT2D eigenvalue weighted by Gasteiger charge is 2.31. The third-order valence-electron chi connectivity index (χ3n) is 3.00. The van der Waals surface area contributed by atoms with E-state index >= 15 is 0 Å². The molecule has 5 nitrogen and oxygen atoms in total. The van der Waals surface area contributed by atoms with E-state index in [-0.39, 0.29) is 5.56 Å². The van der Waals surface area contributed by atoms with Crippen LogP contribution in [0.4, 0.5) is 13.2 Å². The van der Waals surface area contributed by atoms with Crippen molar-refractivity contribution in [1.29, 1.82) is 0 Å². The van der Waals surface area contributed by atoms with Crippen LogP contribution in [0.5, 0.6) is 0 Å². The molecule has 0 amide bonds. The summed E-state index contributed by atoms with van der Waals surface area (Å²) in [6.07, 6.45) is -0.780. The minimum Gasteiger partial charge on any atom is -0.409 e. The third kappa shape index (κ3) is 2.83. The van der Waals surface area contributed by atoms with E-state index in [1.165, 1.54) is 12.3 Å². The van der Waals surface area contributed by atoms with Crippen LogP contribution in [0.15, 0.2) is 35.7 Å². The first-order valence-electron chi connectivity index (χ1n) is 6.10. The standard InChI is InChI=1S/C13H13F3N4O/c1-2-11-18-5-6-20(11)10-4-3-8(13(14,15)16)7-9(10)12(17)19-21/h3-7,21H,2H2,1H3,(H2,17,19). The highest BCUT2D eigenvalue weighted by molar-refractivity contribution is 6.00. The summed E-state index contributed by atoms with van der Waals surface area (Å²) in [7, 11) is 0. The second-order valence-corrected chi connectivity index (χ2v) is 4.28. The van der Waals surface area contributed by atoms with E-state index in [1.807, 2.05) is 6.92 Å². The zero-order valence-corrected chi connectivity index (χ0v) is 11.1. The highest BCUT2D eigenvalue weighted by atomic mass is 19.4. The monoisotopic (exact) mass is 298 g/mol. The number of alkyl halides is 3. The van der Waals surface area contributed by atoms with Crippen LogP contribution in [0, 0.1) is 0 Å². The average molecular weight is 298 g/mol. The number of oxime groups is 1. The van der Waals surface area contributed by atoms with Crippen LogP contribution >= 0.6 is 0 Å². The number of imidazole rings is 1. The molecule has 0 aliphatic rings. The van der Waals surface area contributed by atoms with Gasteiger partial charge in [-0.3, -0.25) is 0 Å². The van der Waals surface area contributed by atoms with Gasteiger partial charge in [0.1, 0.15) is 5.82 Å². The summed E-state index contributed by atoms with van der Waals surface area (Å²) in [6.45, 7) is 1.87. The molecule has 1 aromatic heterocycles. The maximum atomic E-state index is 12.8. The minimum atomic E-state index is -4.51. The molecule has 2 rings (SSSR count). The molecule has 0 spiro atoms. The Morgan fingerprint density at radius 1 is 1.43 bits per heavy atom. The Morgan fingerprint density at radius 3 is 2.71 bits per heavy atom. The van der Waals surface area contributed by atoms with Gasteiger partial charge in [-0.2, -0.15) is 13.2 Å². The van der Waals surface area contributed by atoms with E-state index in [1.54, 1.807) is 10.8 Å². The molecule has 2 aromatic rings. The Morgan fingerprint density at radius 2 is 2.14 bits per heavy atom. The normalized spacial score (nSPS) is 12.7. The molecule has 1 heterocycles. The van der Waals surface area contributed by atoms with Crippen LogP contribution in [-0.4, -0.2) is 20.6 Å². The zero-order valence-electron chi connectivity index (χ0n) is 11.1. The Hall–Kier alpha value is -2.51. The fourth-order valence-electron chi connectivity index (χ4n) is 2.00. The van der Waals surface area contributed by atoms with Crippen molar-refractivity contribution in [1.82, 2.24) is 9.55 Å². The lowest BCUT2D eigenvalue weighted by atomic mass is 10.1. The van der Waals surface area contributed by atoms with Crippen molar-refractivity contribution in [2.75, 3.05) is 0 Å². The molecule has 1 aromatic carbocycles. The number of nitrogens with zero attached hydrogens (tertiary/aromatic N) is 3. The topological polar surface area (TPSA) is 76.4 Å². The van der Waals surface area contributed by atoms with Gasteiger partial charge in [0.15, 0.2) is 5.84 Å². The molecule has 0 saturated carbocycles. The van der Waals surface area contributed by atoms with Crippen molar-refractivity contribution < 1.29 is 18.4 Å². The van der Waals surface area contributed by atoms with Crippen molar-refractivity contribution in [3.05, 3.63) is 47.5 Å². The number of aryl methyl sites for hydroxylation is 1. The molecule has 112 valence electrons. The molecule has 0 radical (unpaired) electrons. The van der Waals surface area contributed by atoms with Gasteiger partial charge in [-0.25, -0.2) is 4.98 Å². The van der Waals surface area contributed by atoms with E-state index < -0.39 is 17.6 Å². The van der Waals surface area contributed by atoms with Crippen LogP contribution in [-0.2, 0) is 12.6 Å². The van der Waals surface area contributed by atoms with Gasteiger partial charge in [0, 0.05) is 24.4 Å². The van der Waals surface area contributed by atoms with E-state index in [2.05, 4.69) is 10.1 Å². The molecule has 0 atom stereocenters. The molecule has 3 N–H and O–H groups in total. The zero-order chi connectivity index (χ0) is 15.6. The molecular weight excluding hydrogens is 285 g/mol. The van der Waals surface area contributed by atoms with E-state index in [0.29, 0.717) is 17.9 Å². The highest BCUT2D eigenvalue weighted by Crippen LogP contribution is 2.31. The predicted octanol–water partition coefficient (Wildman–Crippen LogP) is 2.55. The van der Waals surface area contributed by atoms with Crippen LogP contribution in [0.25, 0.3) is 5.69 Å². The number of nitrogens with two attached hydrogens (primary N) is 1. The quantitative estimate of drug-likeness (QED) is 0.396.